The Morgan fingerprint density at radius 3 is 2.80 bits per heavy atom. The van der Waals surface area contributed by atoms with E-state index in [1.807, 2.05) is 6.92 Å². The van der Waals surface area contributed by atoms with Crippen LogP contribution in [0.25, 0.3) is 0 Å². The molecule has 2 aromatic rings. The second-order valence-electron chi connectivity index (χ2n) is 5.90. The van der Waals surface area contributed by atoms with Crippen molar-refractivity contribution in [2.45, 2.75) is 13.0 Å². The third kappa shape index (κ3) is 3.95. The molecule has 130 valence electrons. The molecular weight excluding hydrogens is 322 g/mol. The van der Waals surface area contributed by atoms with Crippen LogP contribution in [0.1, 0.15) is 27.6 Å². The molecule has 2 amide bonds. The molecule has 2 heterocycles. The lowest BCUT2D eigenvalue weighted by Crippen LogP contribution is -2.47. The molecule has 1 aliphatic heterocycles. The molecular formula is C18H19N3O4. The molecule has 0 bridgehead atoms. The second-order valence-corrected chi connectivity index (χ2v) is 5.90. The number of carbonyl (C=O) groups excluding carboxylic acids is 2. The zero-order chi connectivity index (χ0) is 17.8. The van der Waals surface area contributed by atoms with Crippen molar-refractivity contribution in [1.82, 2.24) is 9.88 Å². The third-order valence-electron chi connectivity index (χ3n) is 4.04. The van der Waals surface area contributed by atoms with Crippen molar-refractivity contribution >= 4 is 17.5 Å². The van der Waals surface area contributed by atoms with E-state index in [-0.39, 0.29) is 23.4 Å². The Morgan fingerprint density at radius 2 is 2.08 bits per heavy atom. The van der Waals surface area contributed by atoms with Gasteiger partial charge in [-0.1, -0.05) is 6.07 Å². The number of anilines is 1. The van der Waals surface area contributed by atoms with Crippen LogP contribution in [0.5, 0.6) is 0 Å². The van der Waals surface area contributed by atoms with Gasteiger partial charge in [-0.25, -0.2) is 0 Å². The van der Waals surface area contributed by atoms with E-state index >= 15 is 0 Å². The molecule has 0 saturated carbocycles. The maximum absolute atomic E-state index is 12.7. The molecule has 7 heteroatoms. The molecule has 3 rings (SSSR count). The summed E-state index contributed by atoms with van der Waals surface area (Å²) in [5.41, 5.74) is 1.08. The van der Waals surface area contributed by atoms with E-state index in [9.17, 15) is 14.4 Å². The Morgan fingerprint density at radius 1 is 1.24 bits per heavy atom. The molecule has 1 aliphatic rings. The number of nitrogens with zero attached hydrogens (tertiary/aromatic N) is 1. The van der Waals surface area contributed by atoms with Crippen molar-refractivity contribution in [3.05, 3.63) is 64.1 Å². The van der Waals surface area contributed by atoms with Crippen LogP contribution in [0, 0.1) is 0 Å². The molecule has 1 atom stereocenters. The molecule has 1 unspecified atom stereocenters. The first-order chi connectivity index (χ1) is 12.0. The number of aromatic nitrogens is 1. The predicted octanol–water partition coefficient (Wildman–Crippen LogP) is 1.49. The van der Waals surface area contributed by atoms with Crippen LogP contribution < -0.4 is 10.9 Å². The second kappa shape index (κ2) is 7.31. The monoisotopic (exact) mass is 341 g/mol. The van der Waals surface area contributed by atoms with Gasteiger partial charge < -0.3 is 19.9 Å². The molecule has 25 heavy (non-hydrogen) atoms. The normalized spacial score (nSPS) is 17.2. The SMILES string of the molecule is CC1COCCN1C(=O)c1cccc(NC(=O)c2ccc(=O)[nH]c2)c1. The van der Waals surface area contributed by atoms with Gasteiger partial charge in [-0.05, 0) is 31.2 Å². The van der Waals surface area contributed by atoms with Crippen molar-refractivity contribution in [1.29, 1.82) is 0 Å². The Bertz CT molecular complexity index is 826. The van der Waals surface area contributed by atoms with E-state index in [0.29, 0.717) is 36.6 Å². The number of morpholine rings is 1. The molecule has 0 spiro atoms. The van der Waals surface area contributed by atoms with Gasteiger partial charge in [0, 0.05) is 30.1 Å². The molecule has 1 aromatic carbocycles. The fourth-order valence-corrected chi connectivity index (χ4v) is 2.68. The summed E-state index contributed by atoms with van der Waals surface area (Å²) in [6, 6.07) is 9.55. The van der Waals surface area contributed by atoms with Crippen LogP contribution in [-0.2, 0) is 4.74 Å². The highest BCUT2D eigenvalue weighted by Crippen LogP contribution is 2.16. The Labute approximate surface area is 144 Å². The van der Waals surface area contributed by atoms with Crippen LogP contribution in [0.2, 0.25) is 0 Å². The van der Waals surface area contributed by atoms with Crippen molar-refractivity contribution in [3.8, 4) is 0 Å². The summed E-state index contributed by atoms with van der Waals surface area (Å²) in [5, 5.41) is 2.73. The van der Waals surface area contributed by atoms with E-state index < -0.39 is 0 Å². The van der Waals surface area contributed by atoms with Crippen molar-refractivity contribution in [2.24, 2.45) is 0 Å². The number of amides is 2. The summed E-state index contributed by atoms with van der Waals surface area (Å²) in [7, 11) is 0. The molecule has 1 fully saturated rings. The molecule has 7 nitrogen and oxygen atoms in total. The van der Waals surface area contributed by atoms with Gasteiger partial charge in [0.05, 0.1) is 24.8 Å². The van der Waals surface area contributed by atoms with Crippen LogP contribution in [0.15, 0.2) is 47.4 Å². The summed E-state index contributed by atoms with van der Waals surface area (Å²) in [4.78, 5) is 40.2. The maximum atomic E-state index is 12.7. The summed E-state index contributed by atoms with van der Waals surface area (Å²) in [6.45, 7) is 3.54. The van der Waals surface area contributed by atoms with Gasteiger partial charge in [-0.3, -0.25) is 14.4 Å². The Kier molecular flexibility index (Phi) is 4.95. The largest absolute Gasteiger partial charge is 0.377 e. The van der Waals surface area contributed by atoms with Crippen LogP contribution in [0.3, 0.4) is 0 Å². The van der Waals surface area contributed by atoms with E-state index in [1.54, 1.807) is 29.2 Å². The zero-order valence-electron chi connectivity index (χ0n) is 13.8. The fourth-order valence-electron chi connectivity index (χ4n) is 2.68. The maximum Gasteiger partial charge on any atom is 0.257 e. The van der Waals surface area contributed by atoms with Crippen molar-refractivity contribution in [2.75, 3.05) is 25.1 Å². The minimum atomic E-state index is -0.361. The molecule has 2 N–H and O–H groups in total. The molecule has 0 aliphatic carbocycles. The topological polar surface area (TPSA) is 91.5 Å². The van der Waals surface area contributed by atoms with Gasteiger partial charge >= 0.3 is 0 Å². The number of nitrogens with one attached hydrogen (secondary N) is 2. The standard InChI is InChI=1S/C18H19N3O4/c1-12-11-25-8-7-21(12)18(24)13-3-2-4-15(9-13)20-17(23)14-5-6-16(22)19-10-14/h2-6,9-10,12H,7-8,11H2,1H3,(H,19,22)(H,20,23). The van der Waals surface area contributed by atoms with Crippen molar-refractivity contribution in [3.63, 3.8) is 0 Å². The number of ether oxygens (including phenoxy) is 1. The van der Waals surface area contributed by atoms with E-state index in [2.05, 4.69) is 10.3 Å². The first kappa shape index (κ1) is 16.9. The van der Waals surface area contributed by atoms with Gasteiger partial charge in [0.1, 0.15) is 0 Å². The smallest absolute Gasteiger partial charge is 0.257 e. The van der Waals surface area contributed by atoms with Crippen LogP contribution in [0.4, 0.5) is 5.69 Å². The number of hydrogen-bond donors (Lipinski definition) is 2. The summed E-state index contributed by atoms with van der Waals surface area (Å²) in [5.74, 6) is -0.448. The van der Waals surface area contributed by atoms with Crippen molar-refractivity contribution < 1.29 is 14.3 Å². The number of aromatic amines is 1. The number of H-pyrrole nitrogens is 1. The average molecular weight is 341 g/mol. The lowest BCUT2D eigenvalue weighted by Gasteiger charge is -2.33. The van der Waals surface area contributed by atoms with Gasteiger partial charge in [-0.2, -0.15) is 0 Å². The van der Waals surface area contributed by atoms with E-state index in [0.717, 1.165) is 0 Å². The Hall–Kier alpha value is -2.93. The number of hydrogen-bond acceptors (Lipinski definition) is 4. The highest BCUT2D eigenvalue weighted by Gasteiger charge is 2.24. The predicted molar refractivity (Wildman–Crippen MR) is 92.8 cm³/mol. The summed E-state index contributed by atoms with van der Waals surface area (Å²) in [6.07, 6.45) is 1.35. The minimum absolute atomic E-state index is 0.0145. The van der Waals surface area contributed by atoms with E-state index in [4.69, 9.17) is 4.74 Å². The van der Waals surface area contributed by atoms with Gasteiger partial charge in [0.15, 0.2) is 0 Å². The lowest BCUT2D eigenvalue weighted by atomic mass is 10.1. The zero-order valence-corrected chi connectivity index (χ0v) is 13.8. The average Bonchev–Trinajstić information content (AvgIpc) is 2.62. The van der Waals surface area contributed by atoms with E-state index in [1.165, 1.54) is 18.3 Å². The molecule has 1 saturated heterocycles. The van der Waals surface area contributed by atoms with Gasteiger partial charge in [-0.15, -0.1) is 0 Å². The number of carbonyl (C=O) groups is 2. The summed E-state index contributed by atoms with van der Waals surface area (Å²) >= 11 is 0. The highest BCUT2D eigenvalue weighted by molar-refractivity contribution is 6.05. The number of pyridine rings is 1. The minimum Gasteiger partial charge on any atom is -0.377 e. The first-order valence-electron chi connectivity index (χ1n) is 8.03. The summed E-state index contributed by atoms with van der Waals surface area (Å²) < 4.78 is 5.36. The first-order valence-corrected chi connectivity index (χ1v) is 8.03. The quantitative estimate of drug-likeness (QED) is 0.885. The number of rotatable bonds is 3. The highest BCUT2D eigenvalue weighted by atomic mass is 16.5. The van der Waals surface area contributed by atoms with Gasteiger partial charge in [0.2, 0.25) is 5.56 Å². The lowest BCUT2D eigenvalue weighted by molar-refractivity contribution is 0.00359. The van der Waals surface area contributed by atoms with Crippen LogP contribution in [-0.4, -0.2) is 47.5 Å². The Balaban J connectivity index is 1.74. The van der Waals surface area contributed by atoms with Gasteiger partial charge in [0.25, 0.3) is 11.8 Å². The number of benzene rings is 1. The third-order valence-corrected chi connectivity index (χ3v) is 4.04. The molecule has 0 radical (unpaired) electrons. The molecule has 1 aromatic heterocycles. The van der Waals surface area contributed by atoms with Crippen LogP contribution >= 0.6 is 0 Å². The fraction of sp³-hybridized carbons (Fsp3) is 0.278.